The van der Waals surface area contributed by atoms with E-state index in [2.05, 4.69) is 5.32 Å². The summed E-state index contributed by atoms with van der Waals surface area (Å²) in [6.45, 7) is 2.40. The monoisotopic (exact) mass is 461 g/mol. The van der Waals surface area contributed by atoms with Gasteiger partial charge in [0.1, 0.15) is 5.75 Å². The maximum atomic E-state index is 13.0. The van der Waals surface area contributed by atoms with E-state index in [-0.39, 0.29) is 0 Å². The van der Waals surface area contributed by atoms with Crippen LogP contribution in [0.4, 0.5) is 5.69 Å². The van der Waals surface area contributed by atoms with Gasteiger partial charge >= 0.3 is 5.97 Å². The second-order valence-electron chi connectivity index (χ2n) is 7.12. The minimum atomic E-state index is -1.13. The molecule has 0 radical (unpaired) electrons. The molecule has 7 nitrogen and oxygen atoms in total. The summed E-state index contributed by atoms with van der Waals surface area (Å²) >= 11 is 0. The van der Waals surface area contributed by atoms with E-state index in [1.165, 1.54) is 6.08 Å². The highest BCUT2D eigenvalue weighted by molar-refractivity contribution is 5.97. The summed E-state index contributed by atoms with van der Waals surface area (Å²) in [6.07, 6.45) is 1.73. The summed E-state index contributed by atoms with van der Waals surface area (Å²) < 4.78 is 21.5. The molecule has 34 heavy (non-hydrogen) atoms. The number of methoxy groups -OCH3 is 2. The van der Waals surface area contributed by atoms with Gasteiger partial charge in [0, 0.05) is 17.3 Å². The SMILES string of the molecule is CCOc1ccc(/C=C/C(=O)OC(C(=O)Nc2ccc(OC)cc2)c2ccccc2)cc1OC. The Morgan fingerprint density at radius 3 is 2.29 bits per heavy atom. The third-order valence-corrected chi connectivity index (χ3v) is 4.83. The zero-order chi connectivity index (χ0) is 24.3. The second kappa shape index (κ2) is 12.1. The van der Waals surface area contributed by atoms with Gasteiger partial charge in [-0.15, -0.1) is 0 Å². The lowest BCUT2D eigenvalue weighted by molar-refractivity contribution is -0.149. The number of hydrogen-bond acceptors (Lipinski definition) is 6. The van der Waals surface area contributed by atoms with Crippen molar-refractivity contribution in [2.45, 2.75) is 13.0 Å². The van der Waals surface area contributed by atoms with Crippen molar-refractivity contribution in [3.63, 3.8) is 0 Å². The van der Waals surface area contributed by atoms with Gasteiger partial charge in [-0.1, -0.05) is 36.4 Å². The van der Waals surface area contributed by atoms with Gasteiger partial charge in [-0.2, -0.15) is 0 Å². The summed E-state index contributed by atoms with van der Waals surface area (Å²) in [5.41, 5.74) is 1.83. The summed E-state index contributed by atoms with van der Waals surface area (Å²) in [5.74, 6) is 0.704. The third-order valence-electron chi connectivity index (χ3n) is 4.83. The van der Waals surface area contributed by atoms with Gasteiger partial charge in [-0.3, -0.25) is 4.79 Å². The van der Waals surface area contributed by atoms with E-state index in [1.54, 1.807) is 87.0 Å². The fraction of sp³-hybridized carbons (Fsp3) is 0.185. The first kappa shape index (κ1) is 24.4. The maximum absolute atomic E-state index is 13.0. The molecule has 0 aliphatic rings. The van der Waals surface area contributed by atoms with Crippen LogP contribution in [0.1, 0.15) is 24.2 Å². The average Bonchev–Trinajstić information content (AvgIpc) is 2.87. The number of rotatable bonds is 10. The molecule has 1 amide bonds. The Kier molecular flexibility index (Phi) is 8.68. The van der Waals surface area contributed by atoms with E-state index < -0.39 is 18.0 Å². The molecule has 3 aromatic carbocycles. The van der Waals surface area contributed by atoms with Gasteiger partial charge in [-0.05, 0) is 55.0 Å². The molecule has 0 saturated carbocycles. The number of hydrogen-bond donors (Lipinski definition) is 1. The minimum Gasteiger partial charge on any atom is -0.497 e. The van der Waals surface area contributed by atoms with E-state index in [9.17, 15) is 9.59 Å². The standard InChI is InChI=1S/C27H27NO6/c1-4-33-23-16-10-19(18-24(23)32-3)11-17-25(29)34-26(20-8-6-5-7-9-20)27(30)28-21-12-14-22(31-2)15-13-21/h5-18,26H,4H2,1-3H3,(H,28,30)/b17-11+. The van der Waals surface area contributed by atoms with Crippen molar-refractivity contribution in [2.24, 2.45) is 0 Å². The number of benzene rings is 3. The van der Waals surface area contributed by atoms with Crippen LogP contribution in [0.3, 0.4) is 0 Å². The Balaban J connectivity index is 1.74. The summed E-state index contributed by atoms with van der Waals surface area (Å²) in [6, 6.07) is 21.0. The summed E-state index contributed by atoms with van der Waals surface area (Å²) in [4.78, 5) is 25.6. The molecule has 0 bridgehead atoms. The number of anilines is 1. The van der Waals surface area contributed by atoms with Crippen LogP contribution < -0.4 is 19.5 Å². The molecule has 1 unspecified atom stereocenters. The number of carbonyl (C=O) groups is 2. The molecule has 0 aliphatic carbocycles. The number of ether oxygens (including phenoxy) is 4. The second-order valence-corrected chi connectivity index (χ2v) is 7.12. The van der Waals surface area contributed by atoms with Crippen LogP contribution >= 0.6 is 0 Å². The fourth-order valence-corrected chi connectivity index (χ4v) is 3.17. The van der Waals surface area contributed by atoms with Crippen molar-refractivity contribution in [2.75, 3.05) is 26.1 Å². The van der Waals surface area contributed by atoms with Crippen LogP contribution in [0, 0.1) is 0 Å². The molecule has 3 rings (SSSR count). The highest BCUT2D eigenvalue weighted by atomic mass is 16.5. The summed E-state index contributed by atoms with van der Waals surface area (Å²) in [7, 11) is 3.11. The topological polar surface area (TPSA) is 83.1 Å². The molecule has 7 heteroatoms. The Morgan fingerprint density at radius 1 is 0.912 bits per heavy atom. The molecular weight excluding hydrogens is 434 g/mol. The van der Waals surface area contributed by atoms with Gasteiger partial charge in [0.2, 0.25) is 6.10 Å². The largest absolute Gasteiger partial charge is 0.497 e. The predicted molar refractivity (Wildman–Crippen MR) is 130 cm³/mol. The normalized spacial score (nSPS) is 11.5. The van der Waals surface area contributed by atoms with E-state index in [0.29, 0.717) is 35.1 Å². The maximum Gasteiger partial charge on any atom is 0.331 e. The molecule has 0 fully saturated rings. The lowest BCUT2D eigenvalue weighted by Gasteiger charge is -2.17. The first-order valence-electron chi connectivity index (χ1n) is 10.7. The van der Waals surface area contributed by atoms with Crippen LogP contribution in [0.5, 0.6) is 17.2 Å². The number of amides is 1. The average molecular weight is 462 g/mol. The lowest BCUT2D eigenvalue weighted by Crippen LogP contribution is -2.25. The molecule has 0 heterocycles. The Morgan fingerprint density at radius 2 is 1.65 bits per heavy atom. The molecule has 0 spiro atoms. The Labute approximate surface area is 198 Å². The number of carbonyl (C=O) groups excluding carboxylic acids is 2. The zero-order valence-corrected chi connectivity index (χ0v) is 19.3. The predicted octanol–water partition coefficient (Wildman–Crippen LogP) is 5.04. The Bertz CT molecular complexity index is 1130. The van der Waals surface area contributed by atoms with Crippen molar-refractivity contribution in [1.29, 1.82) is 0 Å². The van der Waals surface area contributed by atoms with E-state index in [1.807, 2.05) is 13.0 Å². The molecule has 0 aliphatic heterocycles. The van der Waals surface area contributed by atoms with Crippen LogP contribution in [-0.4, -0.2) is 32.7 Å². The highest BCUT2D eigenvalue weighted by Crippen LogP contribution is 2.28. The van der Waals surface area contributed by atoms with Crippen LogP contribution in [0.2, 0.25) is 0 Å². The minimum absolute atomic E-state index is 0.471. The summed E-state index contributed by atoms with van der Waals surface area (Å²) in [5, 5.41) is 2.78. The smallest absolute Gasteiger partial charge is 0.331 e. The molecule has 0 aromatic heterocycles. The van der Waals surface area contributed by atoms with Crippen LogP contribution in [-0.2, 0) is 14.3 Å². The van der Waals surface area contributed by atoms with Gasteiger partial charge in [0.25, 0.3) is 5.91 Å². The first-order valence-corrected chi connectivity index (χ1v) is 10.7. The van der Waals surface area contributed by atoms with Crippen LogP contribution in [0.15, 0.2) is 78.9 Å². The van der Waals surface area contributed by atoms with Crippen molar-refractivity contribution in [3.05, 3.63) is 90.0 Å². The first-order chi connectivity index (χ1) is 16.5. The highest BCUT2D eigenvalue weighted by Gasteiger charge is 2.24. The zero-order valence-electron chi connectivity index (χ0n) is 19.3. The number of nitrogens with one attached hydrogen (secondary N) is 1. The molecule has 3 aromatic rings. The fourth-order valence-electron chi connectivity index (χ4n) is 3.17. The van der Waals surface area contributed by atoms with Crippen molar-refractivity contribution < 1.29 is 28.5 Å². The van der Waals surface area contributed by atoms with Gasteiger partial charge < -0.3 is 24.3 Å². The van der Waals surface area contributed by atoms with Crippen molar-refractivity contribution in [3.8, 4) is 17.2 Å². The van der Waals surface area contributed by atoms with E-state index in [4.69, 9.17) is 18.9 Å². The molecule has 1 atom stereocenters. The van der Waals surface area contributed by atoms with E-state index in [0.717, 1.165) is 5.56 Å². The van der Waals surface area contributed by atoms with E-state index >= 15 is 0 Å². The molecule has 176 valence electrons. The Hall–Kier alpha value is -4.26. The quantitative estimate of drug-likeness (QED) is 0.336. The van der Waals surface area contributed by atoms with Crippen molar-refractivity contribution >= 4 is 23.6 Å². The van der Waals surface area contributed by atoms with Gasteiger partial charge in [0.05, 0.1) is 20.8 Å². The van der Waals surface area contributed by atoms with Crippen LogP contribution in [0.25, 0.3) is 6.08 Å². The van der Waals surface area contributed by atoms with Gasteiger partial charge in [0.15, 0.2) is 11.5 Å². The molecular formula is C27H27NO6. The van der Waals surface area contributed by atoms with Crippen molar-refractivity contribution in [1.82, 2.24) is 0 Å². The molecule has 1 N–H and O–H groups in total. The third kappa shape index (κ3) is 6.62. The molecule has 0 saturated heterocycles. The van der Waals surface area contributed by atoms with Gasteiger partial charge in [-0.25, -0.2) is 4.79 Å². The number of esters is 1. The lowest BCUT2D eigenvalue weighted by atomic mass is 10.1.